The first-order valence-electron chi connectivity index (χ1n) is 9.19. The third-order valence-electron chi connectivity index (χ3n) is 4.58. The van der Waals surface area contributed by atoms with Crippen molar-refractivity contribution in [2.75, 3.05) is 13.7 Å². The minimum absolute atomic E-state index is 0.00753. The molecule has 0 spiro atoms. The summed E-state index contributed by atoms with van der Waals surface area (Å²) in [7, 11) is 1.44. The highest BCUT2D eigenvalue weighted by molar-refractivity contribution is 5.97. The van der Waals surface area contributed by atoms with E-state index in [-0.39, 0.29) is 29.5 Å². The molecule has 2 aromatic carbocycles. The summed E-state index contributed by atoms with van der Waals surface area (Å²) >= 11 is 0. The maximum Gasteiger partial charge on any atom is 0.330 e. The summed E-state index contributed by atoms with van der Waals surface area (Å²) in [6.07, 6.45) is 6.30. The molecule has 30 heavy (non-hydrogen) atoms. The van der Waals surface area contributed by atoms with E-state index in [1.54, 1.807) is 43.4 Å². The van der Waals surface area contributed by atoms with Gasteiger partial charge in [-0.1, -0.05) is 12.1 Å². The van der Waals surface area contributed by atoms with Crippen molar-refractivity contribution in [3.63, 3.8) is 0 Å². The van der Waals surface area contributed by atoms with Crippen LogP contribution in [0.2, 0.25) is 0 Å². The highest BCUT2D eigenvalue weighted by Crippen LogP contribution is 2.36. The van der Waals surface area contributed by atoms with Crippen LogP contribution in [-0.4, -0.2) is 41.3 Å². The molecule has 0 aliphatic carbocycles. The van der Waals surface area contributed by atoms with E-state index in [1.165, 1.54) is 32.2 Å². The molecule has 3 rings (SSSR count). The number of phenolic OH excluding ortho intramolecular Hbond substituents is 2. The first-order chi connectivity index (χ1) is 14.2. The number of esters is 1. The number of hydrogen-bond acceptors (Lipinski definition) is 7. The number of ketones is 1. The van der Waals surface area contributed by atoms with Crippen LogP contribution in [-0.2, 0) is 9.53 Å². The van der Waals surface area contributed by atoms with Crippen LogP contribution in [0.5, 0.6) is 23.0 Å². The molecule has 1 aliphatic heterocycles. The van der Waals surface area contributed by atoms with Crippen LogP contribution in [0.3, 0.4) is 0 Å². The Morgan fingerprint density at radius 3 is 2.63 bits per heavy atom. The average molecular weight is 410 g/mol. The summed E-state index contributed by atoms with van der Waals surface area (Å²) < 4.78 is 16.2. The Kier molecular flexibility index (Phi) is 5.82. The topological polar surface area (TPSA) is 102 Å². The number of hydrogen-bond donors (Lipinski definition) is 2. The zero-order valence-corrected chi connectivity index (χ0v) is 16.8. The molecule has 0 amide bonds. The third-order valence-corrected chi connectivity index (χ3v) is 4.58. The number of fused-ring (bicyclic) bond motifs is 1. The van der Waals surface area contributed by atoms with E-state index < -0.39 is 11.6 Å². The highest BCUT2D eigenvalue weighted by atomic mass is 16.6. The van der Waals surface area contributed by atoms with Gasteiger partial charge in [0.15, 0.2) is 22.9 Å². The molecule has 0 bridgehead atoms. The normalized spacial score (nSPS) is 17.3. The molecule has 2 aromatic rings. The molecule has 156 valence electrons. The second kappa shape index (κ2) is 8.32. The molecule has 0 unspecified atom stereocenters. The molecule has 0 saturated heterocycles. The van der Waals surface area contributed by atoms with Gasteiger partial charge in [0.05, 0.1) is 12.7 Å². The van der Waals surface area contributed by atoms with E-state index in [0.29, 0.717) is 22.6 Å². The number of carbonyl (C=O) groups excluding carboxylic acids is 2. The number of phenols is 2. The van der Waals surface area contributed by atoms with Gasteiger partial charge in [-0.3, -0.25) is 4.79 Å². The molecular formula is C23H22O7. The molecule has 1 heterocycles. The lowest BCUT2D eigenvalue weighted by Gasteiger charge is -2.31. The van der Waals surface area contributed by atoms with Crippen molar-refractivity contribution >= 4 is 23.9 Å². The molecule has 0 saturated carbocycles. The largest absolute Gasteiger partial charge is 0.507 e. The third kappa shape index (κ3) is 4.63. The lowest BCUT2D eigenvalue weighted by atomic mass is 9.98. The summed E-state index contributed by atoms with van der Waals surface area (Å²) in [5.41, 5.74) is 0.603. The number of benzene rings is 2. The molecule has 0 aromatic heterocycles. The first kappa shape index (κ1) is 21.0. The van der Waals surface area contributed by atoms with Gasteiger partial charge in [0, 0.05) is 17.7 Å². The van der Waals surface area contributed by atoms with Gasteiger partial charge < -0.3 is 24.4 Å². The van der Waals surface area contributed by atoms with E-state index in [4.69, 9.17) is 14.2 Å². The summed E-state index contributed by atoms with van der Waals surface area (Å²) in [5.74, 6) is -0.278. The zero-order valence-electron chi connectivity index (χ0n) is 16.8. The molecule has 0 fully saturated rings. The fourth-order valence-electron chi connectivity index (χ4n) is 2.94. The molecule has 1 atom stereocenters. The van der Waals surface area contributed by atoms with E-state index in [1.807, 2.05) is 0 Å². The SMILES string of the molecule is COc1cc(C=CC(=O)OC[C@@]2(C)C=Cc3cc(C(C)=O)c(O)cc3O2)ccc1O. The van der Waals surface area contributed by atoms with E-state index in [2.05, 4.69) is 0 Å². The number of aromatic hydroxyl groups is 2. The van der Waals surface area contributed by atoms with Crippen LogP contribution < -0.4 is 9.47 Å². The van der Waals surface area contributed by atoms with E-state index in [0.717, 1.165) is 0 Å². The number of rotatable bonds is 6. The zero-order chi connectivity index (χ0) is 21.9. The molecule has 2 N–H and O–H groups in total. The number of Topliss-reactive ketones (excluding diaryl/α,β-unsaturated/α-hetero) is 1. The Morgan fingerprint density at radius 1 is 1.17 bits per heavy atom. The minimum Gasteiger partial charge on any atom is -0.507 e. The van der Waals surface area contributed by atoms with Crippen molar-refractivity contribution < 1.29 is 34.0 Å². The lowest BCUT2D eigenvalue weighted by molar-refractivity contribution is -0.141. The average Bonchev–Trinajstić information content (AvgIpc) is 2.71. The van der Waals surface area contributed by atoms with Gasteiger partial charge in [-0.15, -0.1) is 0 Å². The maximum atomic E-state index is 12.1. The molecule has 0 radical (unpaired) electrons. The fraction of sp³-hybridized carbons (Fsp3) is 0.217. The molecule has 7 nitrogen and oxygen atoms in total. The van der Waals surface area contributed by atoms with Gasteiger partial charge in [0.1, 0.15) is 18.1 Å². The van der Waals surface area contributed by atoms with E-state index >= 15 is 0 Å². The van der Waals surface area contributed by atoms with Crippen molar-refractivity contribution in [1.29, 1.82) is 0 Å². The Labute approximate surface area is 173 Å². The second-order valence-corrected chi connectivity index (χ2v) is 7.08. The van der Waals surface area contributed by atoms with Gasteiger partial charge >= 0.3 is 5.97 Å². The van der Waals surface area contributed by atoms with Gasteiger partial charge in [0.25, 0.3) is 0 Å². The van der Waals surface area contributed by atoms with Gasteiger partial charge in [-0.25, -0.2) is 4.79 Å². The first-order valence-corrected chi connectivity index (χ1v) is 9.19. The van der Waals surface area contributed by atoms with Crippen LogP contribution in [0.4, 0.5) is 0 Å². The minimum atomic E-state index is -0.928. The lowest BCUT2D eigenvalue weighted by Crippen LogP contribution is -2.38. The van der Waals surface area contributed by atoms with Crippen molar-refractivity contribution in [1.82, 2.24) is 0 Å². The van der Waals surface area contributed by atoms with Crippen LogP contribution in [0.15, 0.2) is 42.5 Å². The monoisotopic (exact) mass is 410 g/mol. The Bertz CT molecular complexity index is 1050. The second-order valence-electron chi connectivity index (χ2n) is 7.08. The van der Waals surface area contributed by atoms with E-state index in [9.17, 15) is 19.8 Å². The summed E-state index contributed by atoms with van der Waals surface area (Å²) in [4.78, 5) is 23.7. The molecular weight excluding hydrogens is 388 g/mol. The standard InChI is InChI=1S/C23H22O7/c1-14(24)17-11-16-8-9-23(2,30-20(16)12-19(17)26)13-29-22(27)7-5-15-4-6-18(25)21(10-15)28-3/h4-12,25-26H,13H2,1-3H3/t23-/m1/s1. The van der Waals surface area contributed by atoms with Crippen molar-refractivity contribution in [3.8, 4) is 23.0 Å². The van der Waals surface area contributed by atoms with Crippen molar-refractivity contribution in [2.24, 2.45) is 0 Å². The smallest absolute Gasteiger partial charge is 0.330 e. The Balaban J connectivity index is 1.65. The van der Waals surface area contributed by atoms with Gasteiger partial charge in [-0.2, -0.15) is 0 Å². The summed E-state index contributed by atoms with van der Waals surface area (Å²) in [6.45, 7) is 3.06. The number of methoxy groups -OCH3 is 1. The van der Waals surface area contributed by atoms with Gasteiger partial charge in [0.2, 0.25) is 0 Å². The van der Waals surface area contributed by atoms with Crippen molar-refractivity contribution in [3.05, 3.63) is 59.2 Å². The Morgan fingerprint density at radius 2 is 1.93 bits per heavy atom. The van der Waals surface area contributed by atoms with Crippen LogP contribution in [0, 0.1) is 0 Å². The fourth-order valence-corrected chi connectivity index (χ4v) is 2.94. The predicted octanol–water partition coefficient (Wildman–Crippen LogP) is 3.73. The summed E-state index contributed by atoms with van der Waals surface area (Å²) in [6, 6.07) is 7.63. The predicted molar refractivity (Wildman–Crippen MR) is 111 cm³/mol. The Hall–Kier alpha value is -3.74. The van der Waals surface area contributed by atoms with Crippen LogP contribution in [0.1, 0.15) is 35.3 Å². The molecule has 1 aliphatic rings. The highest BCUT2D eigenvalue weighted by Gasteiger charge is 2.30. The van der Waals surface area contributed by atoms with Crippen LogP contribution in [0.25, 0.3) is 12.2 Å². The van der Waals surface area contributed by atoms with Crippen molar-refractivity contribution in [2.45, 2.75) is 19.4 Å². The quantitative estimate of drug-likeness (QED) is 0.425. The number of carbonyl (C=O) groups is 2. The summed E-state index contributed by atoms with van der Waals surface area (Å²) in [5, 5.41) is 19.6. The maximum absolute atomic E-state index is 12.1. The number of ether oxygens (including phenoxy) is 3. The van der Waals surface area contributed by atoms with Gasteiger partial charge in [-0.05, 0) is 49.8 Å². The molecule has 7 heteroatoms. The van der Waals surface area contributed by atoms with Crippen LogP contribution >= 0.6 is 0 Å².